The molecule has 0 aromatic heterocycles. The number of nitrogens with zero attached hydrogens (tertiary/aromatic N) is 1. The highest BCUT2D eigenvalue weighted by molar-refractivity contribution is 5.96. The Morgan fingerprint density at radius 3 is 2.33 bits per heavy atom. The molecule has 0 aromatic rings. The van der Waals surface area contributed by atoms with Gasteiger partial charge in [0.05, 0.1) is 25.3 Å². The van der Waals surface area contributed by atoms with Crippen molar-refractivity contribution < 1.29 is 19.4 Å². The molecule has 3 unspecified atom stereocenters. The number of carboxylic acids is 1. The molecule has 1 amide bonds. The molecular formula is C10H15NO4. The van der Waals surface area contributed by atoms with E-state index in [1.165, 1.54) is 6.92 Å². The first-order chi connectivity index (χ1) is 7.11. The second-order valence-electron chi connectivity index (χ2n) is 4.23. The van der Waals surface area contributed by atoms with Crippen LogP contribution >= 0.6 is 0 Å². The van der Waals surface area contributed by atoms with Crippen LogP contribution in [0.2, 0.25) is 0 Å². The van der Waals surface area contributed by atoms with E-state index in [1.807, 2.05) is 0 Å². The van der Waals surface area contributed by atoms with E-state index in [4.69, 9.17) is 9.84 Å². The third kappa shape index (κ3) is 1.71. The number of aliphatic carboxylic acids is 1. The van der Waals surface area contributed by atoms with Crippen molar-refractivity contribution in [2.75, 3.05) is 13.2 Å². The molecule has 5 heteroatoms. The Kier molecular flexibility index (Phi) is 2.65. The monoisotopic (exact) mass is 213 g/mol. The summed E-state index contributed by atoms with van der Waals surface area (Å²) in [6.07, 6.45) is 1.87. The molecule has 5 nitrogen and oxygen atoms in total. The lowest BCUT2D eigenvalue weighted by atomic mass is 10.1. The summed E-state index contributed by atoms with van der Waals surface area (Å²) in [6, 6.07) is 0.191. The summed E-state index contributed by atoms with van der Waals surface area (Å²) in [5.74, 6) is -2.25. The lowest BCUT2D eigenvalue weighted by molar-refractivity contribution is -0.155. The number of fused-ring (bicyclic) bond motifs is 2. The second-order valence-corrected chi connectivity index (χ2v) is 4.23. The number of ether oxygens (including phenoxy) is 1. The molecule has 0 saturated carbocycles. The first-order valence-corrected chi connectivity index (χ1v) is 5.24. The van der Waals surface area contributed by atoms with Gasteiger partial charge in [-0.25, -0.2) is 0 Å². The van der Waals surface area contributed by atoms with Crippen LogP contribution < -0.4 is 0 Å². The molecule has 2 aliphatic rings. The first-order valence-electron chi connectivity index (χ1n) is 5.24. The number of amides is 1. The molecule has 0 spiro atoms. The molecule has 84 valence electrons. The minimum absolute atomic E-state index is 0.0954. The number of carboxylic acid groups (broad SMARTS) is 1. The number of hydrogen-bond acceptors (Lipinski definition) is 3. The molecule has 1 N–H and O–H groups in total. The van der Waals surface area contributed by atoms with Crippen LogP contribution in [0.1, 0.15) is 19.8 Å². The van der Waals surface area contributed by atoms with E-state index in [9.17, 15) is 9.59 Å². The number of morpholine rings is 1. The standard InChI is InChI=1S/C10H15NO4/c1-6(10(13)14)9(12)11-7-2-3-8(11)5-15-4-7/h6-8H,2-5H2,1H3,(H,13,14). The van der Waals surface area contributed by atoms with Crippen LogP contribution in [0.25, 0.3) is 0 Å². The molecule has 2 fully saturated rings. The number of hydrogen-bond donors (Lipinski definition) is 1. The van der Waals surface area contributed by atoms with Gasteiger partial charge in [0.15, 0.2) is 0 Å². The normalized spacial score (nSPS) is 31.4. The summed E-state index contributed by atoms with van der Waals surface area (Å²) in [4.78, 5) is 24.4. The quantitative estimate of drug-likeness (QED) is 0.660. The zero-order chi connectivity index (χ0) is 11.0. The van der Waals surface area contributed by atoms with Crippen LogP contribution in [-0.2, 0) is 14.3 Å². The predicted molar refractivity (Wildman–Crippen MR) is 51.3 cm³/mol. The highest BCUT2D eigenvalue weighted by Gasteiger charge is 2.42. The maximum absolute atomic E-state index is 11.9. The summed E-state index contributed by atoms with van der Waals surface area (Å²) >= 11 is 0. The average molecular weight is 213 g/mol. The molecule has 0 aromatic carbocycles. The Morgan fingerprint density at radius 2 is 1.87 bits per heavy atom. The summed E-state index contributed by atoms with van der Waals surface area (Å²) in [7, 11) is 0. The maximum atomic E-state index is 11.9. The number of carbonyl (C=O) groups is 2. The van der Waals surface area contributed by atoms with Crippen molar-refractivity contribution in [2.45, 2.75) is 31.8 Å². The zero-order valence-corrected chi connectivity index (χ0v) is 8.68. The van der Waals surface area contributed by atoms with Gasteiger partial charge in [-0.1, -0.05) is 0 Å². The minimum atomic E-state index is -1.05. The summed E-state index contributed by atoms with van der Waals surface area (Å²) < 4.78 is 5.34. The van der Waals surface area contributed by atoms with Crippen molar-refractivity contribution in [2.24, 2.45) is 5.92 Å². The highest BCUT2D eigenvalue weighted by Crippen LogP contribution is 2.30. The van der Waals surface area contributed by atoms with Crippen molar-refractivity contribution >= 4 is 11.9 Å². The van der Waals surface area contributed by atoms with Crippen molar-refractivity contribution in [1.29, 1.82) is 0 Å². The van der Waals surface area contributed by atoms with Gasteiger partial charge in [-0.05, 0) is 19.8 Å². The third-order valence-corrected chi connectivity index (χ3v) is 3.24. The maximum Gasteiger partial charge on any atom is 0.315 e. The van der Waals surface area contributed by atoms with Gasteiger partial charge in [0.2, 0.25) is 5.91 Å². The molecule has 2 aliphatic heterocycles. The van der Waals surface area contributed by atoms with Crippen molar-refractivity contribution in [3.63, 3.8) is 0 Å². The molecule has 0 radical (unpaired) electrons. The summed E-state index contributed by atoms with van der Waals surface area (Å²) in [5, 5.41) is 8.80. The van der Waals surface area contributed by atoms with Crippen molar-refractivity contribution in [3.8, 4) is 0 Å². The van der Waals surface area contributed by atoms with E-state index in [1.54, 1.807) is 4.90 Å². The molecule has 3 atom stereocenters. The largest absolute Gasteiger partial charge is 0.481 e. The molecule has 2 saturated heterocycles. The highest BCUT2D eigenvalue weighted by atomic mass is 16.5. The van der Waals surface area contributed by atoms with Crippen LogP contribution in [0, 0.1) is 5.92 Å². The fraction of sp³-hybridized carbons (Fsp3) is 0.800. The van der Waals surface area contributed by atoms with Crippen LogP contribution in [0.5, 0.6) is 0 Å². The van der Waals surface area contributed by atoms with Gasteiger partial charge < -0.3 is 14.7 Å². The van der Waals surface area contributed by atoms with Gasteiger partial charge in [0.1, 0.15) is 5.92 Å². The molecule has 15 heavy (non-hydrogen) atoms. The molecule has 2 heterocycles. The van der Waals surface area contributed by atoms with Crippen LogP contribution in [0.4, 0.5) is 0 Å². The van der Waals surface area contributed by atoms with Gasteiger partial charge >= 0.3 is 5.97 Å². The number of carbonyl (C=O) groups excluding carboxylic acids is 1. The van der Waals surface area contributed by atoms with Crippen LogP contribution in [0.3, 0.4) is 0 Å². The van der Waals surface area contributed by atoms with E-state index in [0.29, 0.717) is 13.2 Å². The molecule has 0 aliphatic carbocycles. The SMILES string of the molecule is CC(C(=O)O)C(=O)N1C2CCC1COC2. The van der Waals surface area contributed by atoms with E-state index in [0.717, 1.165) is 12.8 Å². The summed E-state index contributed by atoms with van der Waals surface area (Å²) in [6.45, 7) is 2.54. The Hall–Kier alpha value is -1.10. The smallest absolute Gasteiger partial charge is 0.315 e. The van der Waals surface area contributed by atoms with Crippen LogP contribution in [-0.4, -0.2) is 47.2 Å². The lowest BCUT2D eigenvalue weighted by Gasteiger charge is -2.35. The molecular weight excluding hydrogens is 198 g/mol. The van der Waals surface area contributed by atoms with E-state index in [-0.39, 0.29) is 18.0 Å². The Morgan fingerprint density at radius 1 is 1.33 bits per heavy atom. The Balaban J connectivity index is 2.10. The Labute approximate surface area is 88.0 Å². The fourth-order valence-corrected chi connectivity index (χ4v) is 2.32. The summed E-state index contributed by atoms with van der Waals surface area (Å²) in [5.41, 5.74) is 0. The minimum Gasteiger partial charge on any atom is -0.481 e. The van der Waals surface area contributed by atoms with Crippen molar-refractivity contribution in [3.05, 3.63) is 0 Å². The van der Waals surface area contributed by atoms with Crippen LogP contribution in [0.15, 0.2) is 0 Å². The first kappa shape index (κ1) is 10.4. The predicted octanol–water partition coefficient (Wildman–Crippen LogP) is 0.0969. The van der Waals surface area contributed by atoms with Crippen molar-refractivity contribution in [1.82, 2.24) is 4.90 Å². The third-order valence-electron chi connectivity index (χ3n) is 3.24. The van der Waals surface area contributed by atoms with Gasteiger partial charge in [-0.15, -0.1) is 0 Å². The second kappa shape index (κ2) is 3.81. The lowest BCUT2D eigenvalue weighted by Crippen LogP contribution is -2.51. The van der Waals surface area contributed by atoms with Gasteiger partial charge in [-0.2, -0.15) is 0 Å². The van der Waals surface area contributed by atoms with Gasteiger partial charge in [0.25, 0.3) is 0 Å². The zero-order valence-electron chi connectivity index (χ0n) is 8.68. The number of rotatable bonds is 2. The van der Waals surface area contributed by atoms with E-state index in [2.05, 4.69) is 0 Å². The molecule has 2 bridgehead atoms. The van der Waals surface area contributed by atoms with Gasteiger partial charge in [-0.3, -0.25) is 9.59 Å². The van der Waals surface area contributed by atoms with E-state index < -0.39 is 11.9 Å². The fourth-order valence-electron chi connectivity index (χ4n) is 2.32. The molecule has 2 rings (SSSR count). The van der Waals surface area contributed by atoms with Gasteiger partial charge in [0, 0.05) is 0 Å². The Bertz CT molecular complexity index is 275. The topological polar surface area (TPSA) is 66.8 Å². The average Bonchev–Trinajstić information content (AvgIpc) is 2.46. The van der Waals surface area contributed by atoms with E-state index >= 15 is 0 Å².